The molecule has 0 fully saturated rings. The summed E-state index contributed by atoms with van der Waals surface area (Å²) in [5, 5.41) is 0. The fourth-order valence-electron chi connectivity index (χ4n) is 9.87. The average molecular weight is 1230 g/mol. The van der Waals surface area contributed by atoms with Crippen molar-refractivity contribution >= 4 is 85.6 Å². The molecule has 69 heavy (non-hydrogen) atoms. The number of nitrogens with zero attached hydrogens (tertiary/aromatic N) is 2. The molecule has 0 aromatic rings. The van der Waals surface area contributed by atoms with Crippen LogP contribution in [0, 0.1) is 0 Å². The van der Waals surface area contributed by atoms with E-state index in [-0.39, 0.29) is 27.3 Å². The van der Waals surface area contributed by atoms with Crippen LogP contribution in [0.15, 0.2) is 0 Å². The molecule has 0 aromatic heterocycles. The van der Waals surface area contributed by atoms with Crippen molar-refractivity contribution in [2.75, 3.05) is 26.2 Å². The van der Waals surface area contributed by atoms with Crippen molar-refractivity contribution in [3.8, 4) is 0 Å². The van der Waals surface area contributed by atoms with Gasteiger partial charge in [-0.2, -0.15) is 0 Å². The topological polar surface area (TPSA) is 6.48 Å². The Morgan fingerprint density at radius 2 is 0.319 bits per heavy atom. The third-order valence-electron chi connectivity index (χ3n) is 14.6. The molecule has 0 atom stereocenters. The predicted octanol–water partition coefficient (Wildman–Crippen LogP) is 22.2. The van der Waals surface area contributed by atoms with E-state index in [1.807, 2.05) is 0 Å². The van der Waals surface area contributed by atoms with Crippen LogP contribution in [-0.2, 0) is 25.3 Å². The van der Waals surface area contributed by atoms with E-state index in [1.54, 1.807) is 0 Å². The molecule has 0 spiro atoms. The van der Waals surface area contributed by atoms with Crippen molar-refractivity contribution in [3.63, 3.8) is 0 Å². The van der Waals surface area contributed by atoms with Crippen LogP contribution in [0.3, 0.4) is 0 Å². The van der Waals surface area contributed by atoms with Crippen LogP contribution in [0.25, 0.3) is 0 Å². The van der Waals surface area contributed by atoms with Gasteiger partial charge in [0, 0.05) is 26.2 Å². The van der Waals surface area contributed by atoms with Gasteiger partial charge in [0.05, 0.1) is 0 Å². The first kappa shape index (κ1) is 74.4. The first-order valence-electron chi connectivity index (χ1n) is 31.4. The zero-order valence-electron chi connectivity index (χ0n) is 47.6. The molecule has 2 nitrogen and oxygen atoms in total. The maximum Gasteiger partial charge on any atom is 2.00 e. The molecule has 0 N–H and O–H groups in total. The normalized spacial score (nSPS) is 11.1. The number of unbranched alkanes of at least 4 members (excludes halogenated alkanes) is 48. The Kier molecular flexibility index (Phi) is 72.4. The Bertz CT molecular complexity index is 819. The van der Waals surface area contributed by atoms with Crippen molar-refractivity contribution in [3.05, 3.63) is 0 Å². The Labute approximate surface area is 479 Å². The van der Waals surface area contributed by atoms with Gasteiger partial charge < -0.3 is 59.5 Å². The molecule has 0 aliphatic carbocycles. The molecule has 2 radical (unpaired) electrons. The molecule has 0 aliphatic heterocycles. The maximum absolute atomic E-state index is 5.34. The minimum atomic E-state index is 0. The quantitative estimate of drug-likeness (QED) is 0.0257. The second kappa shape index (κ2) is 67.2. The van der Waals surface area contributed by atoms with Crippen molar-refractivity contribution < 1.29 is 0 Å². The zero-order valence-corrected chi connectivity index (χ0v) is 54.8. The van der Waals surface area contributed by atoms with Crippen LogP contribution in [0.1, 0.15) is 362 Å². The predicted molar refractivity (Wildman–Crippen MR) is 332 cm³/mol. The molecule has 410 valence electrons. The standard InChI is InChI=1S/2C31H63NS2.Pb/c2*1-3-5-7-9-11-13-15-17-19-21-23-25-27-29-32(31(33)34)30-28-26-24-22-20-18-16-14-12-10-8-6-4-2;/h2*3-30H2,1-2H3,(H,33,34);/q;;+2/p-2. The average Bonchev–Trinajstić information content (AvgIpc) is 3.33. The molecule has 0 unspecified atom stereocenters. The van der Waals surface area contributed by atoms with Gasteiger partial charge in [-0.25, -0.2) is 0 Å². The first-order valence-corrected chi connectivity index (χ1v) is 33.0. The summed E-state index contributed by atoms with van der Waals surface area (Å²) in [6.07, 6.45) is 73.1. The van der Waals surface area contributed by atoms with E-state index in [9.17, 15) is 0 Å². The summed E-state index contributed by atoms with van der Waals surface area (Å²) in [6.45, 7) is 13.5. The van der Waals surface area contributed by atoms with E-state index in [2.05, 4.69) is 37.5 Å². The molecule has 0 aliphatic rings. The smallest absolute Gasteiger partial charge is 0.411 e. The van der Waals surface area contributed by atoms with Gasteiger partial charge in [-0.05, 0) is 25.7 Å². The summed E-state index contributed by atoms with van der Waals surface area (Å²) in [6, 6.07) is 0. The van der Waals surface area contributed by atoms with Gasteiger partial charge in [0.2, 0.25) is 0 Å². The fraction of sp³-hybridized carbons (Fsp3) is 0.968. The second-order valence-corrected chi connectivity index (χ2v) is 23.5. The zero-order chi connectivity index (χ0) is 49.9. The minimum Gasteiger partial charge on any atom is -0.411 e. The van der Waals surface area contributed by atoms with Gasteiger partial charge in [0.15, 0.2) is 0 Å². The molecule has 7 heteroatoms. The van der Waals surface area contributed by atoms with Gasteiger partial charge >= 0.3 is 27.3 Å². The molecule has 0 bridgehead atoms. The van der Waals surface area contributed by atoms with E-state index < -0.39 is 0 Å². The summed E-state index contributed by atoms with van der Waals surface area (Å²) in [5.74, 6) is 0. The monoisotopic (exact) mass is 1230 g/mol. The van der Waals surface area contributed by atoms with Crippen LogP contribution in [0.4, 0.5) is 0 Å². The molecule has 0 saturated heterocycles. The second-order valence-electron chi connectivity index (χ2n) is 21.5. The molecule has 0 rings (SSSR count). The Morgan fingerprint density at radius 3 is 0.420 bits per heavy atom. The fourth-order valence-corrected chi connectivity index (χ4v) is 10.6. The number of thiocarbonyl (C=S) groups is 2. The maximum atomic E-state index is 5.34. The molecule has 0 heterocycles. The van der Waals surface area contributed by atoms with Crippen LogP contribution >= 0.6 is 24.4 Å². The summed E-state index contributed by atoms with van der Waals surface area (Å²) in [5.41, 5.74) is 0. The SMILES string of the molecule is CCCCCCCCCCCCCCCN(CCCCCCCCCCCCCCC)C(=S)[S-].CCCCCCCCCCCCCCCN(CCCCCCCCCCCCCCC)C(=S)[S-].[Pb+2]. The van der Waals surface area contributed by atoms with E-state index in [0.29, 0.717) is 8.64 Å². The van der Waals surface area contributed by atoms with Crippen molar-refractivity contribution in [2.45, 2.75) is 362 Å². The Hall–Kier alpha value is 1.14. The summed E-state index contributed by atoms with van der Waals surface area (Å²) in [7, 11) is 0. The third-order valence-corrected chi connectivity index (χ3v) is 15.7. The number of hydrogen-bond donors (Lipinski definition) is 0. The van der Waals surface area contributed by atoms with Gasteiger partial charge in [-0.15, -0.1) is 0 Å². The van der Waals surface area contributed by atoms with E-state index in [1.165, 1.54) is 334 Å². The van der Waals surface area contributed by atoms with E-state index >= 15 is 0 Å². The van der Waals surface area contributed by atoms with Gasteiger partial charge in [-0.3, -0.25) is 0 Å². The first-order chi connectivity index (χ1) is 33.4. The molecule has 0 saturated carbocycles. The summed E-state index contributed by atoms with van der Waals surface area (Å²) < 4.78 is 1.38. The molecule has 0 aromatic carbocycles. The van der Waals surface area contributed by atoms with Gasteiger partial charge in [0.1, 0.15) is 0 Å². The summed E-state index contributed by atoms with van der Waals surface area (Å²) >= 11 is 21.4. The van der Waals surface area contributed by atoms with Crippen molar-refractivity contribution in [2.24, 2.45) is 0 Å². The molecule has 0 amide bonds. The molecular formula is C62H124N2PbS4. The Balaban J connectivity index is -0.00000124. The van der Waals surface area contributed by atoms with Crippen molar-refractivity contribution in [1.29, 1.82) is 0 Å². The Morgan fingerprint density at radius 1 is 0.217 bits per heavy atom. The van der Waals surface area contributed by atoms with Gasteiger partial charge in [-0.1, -0.05) is 345 Å². The minimum absolute atomic E-state index is 0. The van der Waals surface area contributed by atoms with Gasteiger partial charge in [0.25, 0.3) is 0 Å². The van der Waals surface area contributed by atoms with Crippen LogP contribution in [-0.4, -0.2) is 71.9 Å². The van der Waals surface area contributed by atoms with E-state index in [0.717, 1.165) is 26.2 Å². The number of rotatable bonds is 56. The van der Waals surface area contributed by atoms with Crippen LogP contribution in [0.2, 0.25) is 0 Å². The largest absolute Gasteiger partial charge is 2.00 e. The number of hydrogen-bond acceptors (Lipinski definition) is 4. The van der Waals surface area contributed by atoms with Crippen LogP contribution < -0.4 is 0 Å². The third kappa shape index (κ3) is 65.2. The van der Waals surface area contributed by atoms with Crippen LogP contribution in [0.5, 0.6) is 0 Å². The van der Waals surface area contributed by atoms with E-state index in [4.69, 9.17) is 49.7 Å². The van der Waals surface area contributed by atoms with Crippen molar-refractivity contribution in [1.82, 2.24) is 9.80 Å². The summed E-state index contributed by atoms with van der Waals surface area (Å²) in [4.78, 5) is 4.59. The molecular weight excluding hydrogens is 1110 g/mol.